The molecule has 0 spiro atoms. The Morgan fingerprint density at radius 1 is 0.857 bits per heavy atom. The number of amides is 1. The minimum atomic E-state index is -3.79. The molecule has 0 atom stereocenters. The lowest BCUT2D eigenvalue weighted by Gasteiger charge is -2.20. The summed E-state index contributed by atoms with van der Waals surface area (Å²) in [6, 6.07) is 20.7. The zero-order valence-electron chi connectivity index (χ0n) is 16.0. The highest BCUT2D eigenvalue weighted by Crippen LogP contribution is 2.23. The minimum absolute atomic E-state index is 0.0630. The van der Waals surface area contributed by atoms with Crippen LogP contribution >= 0.6 is 0 Å². The lowest BCUT2D eigenvalue weighted by atomic mass is 10.2. The van der Waals surface area contributed by atoms with E-state index in [1.54, 1.807) is 36.4 Å². The fraction of sp³-hybridized carbons (Fsp3) is 0.136. The molecule has 28 heavy (non-hydrogen) atoms. The lowest BCUT2D eigenvalue weighted by Crippen LogP contribution is -2.27. The first-order chi connectivity index (χ1) is 13.3. The third-order valence-electron chi connectivity index (χ3n) is 4.43. The van der Waals surface area contributed by atoms with Crippen LogP contribution in [0.2, 0.25) is 0 Å². The van der Waals surface area contributed by atoms with Crippen molar-refractivity contribution in [2.45, 2.75) is 18.7 Å². The van der Waals surface area contributed by atoms with E-state index in [0.717, 1.165) is 11.1 Å². The second-order valence-electron chi connectivity index (χ2n) is 6.66. The summed E-state index contributed by atoms with van der Waals surface area (Å²) >= 11 is 0. The van der Waals surface area contributed by atoms with E-state index in [0.29, 0.717) is 11.4 Å². The zero-order chi connectivity index (χ0) is 20.3. The maximum Gasteiger partial charge on any atom is 0.264 e. The third kappa shape index (κ3) is 4.23. The first kappa shape index (κ1) is 19.6. The molecule has 0 saturated carbocycles. The van der Waals surface area contributed by atoms with Gasteiger partial charge < -0.3 is 5.32 Å². The molecule has 144 valence electrons. The van der Waals surface area contributed by atoms with Crippen LogP contribution in [0.25, 0.3) is 0 Å². The normalized spacial score (nSPS) is 11.1. The second kappa shape index (κ2) is 7.86. The summed E-state index contributed by atoms with van der Waals surface area (Å²) in [5.41, 5.74) is 3.55. The average molecular weight is 394 g/mol. The summed E-state index contributed by atoms with van der Waals surface area (Å²) in [7, 11) is -2.29. The molecular weight excluding hydrogens is 372 g/mol. The van der Waals surface area contributed by atoms with Crippen LogP contribution in [0.4, 0.5) is 11.4 Å². The SMILES string of the molecule is Cc1ccc(NC(=O)c2cccc(S(=O)(=O)N(C)c3cccc(C)c3)c2)cc1. The highest BCUT2D eigenvalue weighted by Gasteiger charge is 2.22. The summed E-state index contributed by atoms with van der Waals surface area (Å²) in [6.07, 6.45) is 0. The number of carbonyl (C=O) groups is 1. The van der Waals surface area contributed by atoms with Gasteiger partial charge in [-0.05, 0) is 61.9 Å². The Morgan fingerprint density at radius 3 is 2.21 bits per heavy atom. The molecule has 0 heterocycles. The van der Waals surface area contributed by atoms with E-state index in [4.69, 9.17) is 0 Å². The molecule has 3 rings (SSSR count). The molecule has 1 amide bonds. The van der Waals surface area contributed by atoms with E-state index < -0.39 is 10.0 Å². The van der Waals surface area contributed by atoms with Crippen LogP contribution in [0.15, 0.2) is 77.7 Å². The van der Waals surface area contributed by atoms with E-state index in [9.17, 15) is 13.2 Å². The second-order valence-corrected chi connectivity index (χ2v) is 8.63. The Hall–Kier alpha value is -3.12. The van der Waals surface area contributed by atoms with Gasteiger partial charge in [-0.25, -0.2) is 8.42 Å². The fourth-order valence-corrected chi connectivity index (χ4v) is 3.99. The Bertz CT molecular complexity index is 1110. The molecule has 0 fully saturated rings. The van der Waals surface area contributed by atoms with Crippen molar-refractivity contribution in [3.63, 3.8) is 0 Å². The molecule has 0 unspecified atom stereocenters. The average Bonchev–Trinajstić information content (AvgIpc) is 2.69. The molecule has 0 aliphatic heterocycles. The highest BCUT2D eigenvalue weighted by atomic mass is 32.2. The molecule has 3 aromatic rings. The van der Waals surface area contributed by atoms with E-state index in [1.165, 1.54) is 23.5 Å². The largest absolute Gasteiger partial charge is 0.322 e. The summed E-state index contributed by atoms with van der Waals surface area (Å²) in [6.45, 7) is 3.87. The topological polar surface area (TPSA) is 66.5 Å². The van der Waals surface area contributed by atoms with Crippen LogP contribution in [0.1, 0.15) is 21.5 Å². The molecule has 6 heteroatoms. The van der Waals surface area contributed by atoms with Crippen molar-refractivity contribution in [2.24, 2.45) is 0 Å². The van der Waals surface area contributed by atoms with E-state index in [-0.39, 0.29) is 16.4 Å². The number of hydrogen-bond donors (Lipinski definition) is 1. The molecule has 1 N–H and O–H groups in total. The molecule has 0 aliphatic rings. The Kier molecular flexibility index (Phi) is 5.51. The summed E-state index contributed by atoms with van der Waals surface area (Å²) in [5.74, 6) is -0.362. The third-order valence-corrected chi connectivity index (χ3v) is 6.21. The van der Waals surface area contributed by atoms with Gasteiger partial charge in [-0.1, -0.05) is 35.9 Å². The van der Waals surface area contributed by atoms with Gasteiger partial charge in [-0.15, -0.1) is 0 Å². The van der Waals surface area contributed by atoms with Gasteiger partial charge in [0.2, 0.25) is 0 Å². The Balaban J connectivity index is 1.87. The van der Waals surface area contributed by atoms with Crippen molar-refractivity contribution in [1.29, 1.82) is 0 Å². The standard InChI is InChI=1S/C22H22N2O3S/c1-16-10-12-19(13-11-16)23-22(25)18-7-5-9-21(15-18)28(26,27)24(3)20-8-4-6-17(2)14-20/h4-15H,1-3H3,(H,23,25). The maximum absolute atomic E-state index is 13.0. The molecular formula is C22H22N2O3S. The first-order valence-electron chi connectivity index (χ1n) is 8.81. The van der Waals surface area contributed by atoms with Crippen molar-refractivity contribution >= 4 is 27.3 Å². The van der Waals surface area contributed by atoms with Crippen molar-refractivity contribution in [3.05, 3.63) is 89.5 Å². The van der Waals surface area contributed by atoms with Crippen LogP contribution in [-0.4, -0.2) is 21.4 Å². The van der Waals surface area contributed by atoms with Gasteiger partial charge in [0.1, 0.15) is 0 Å². The van der Waals surface area contributed by atoms with E-state index >= 15 is 0 Å². The highest BCUT2D eigenvalue weighted by molar-refractivity contribution is 7.92. The number of aryl methyl sites for hydroxylation is 2. The monoisotopic (exact) mass is 394 g/mol. The van der Waals surface area contributed by atoms with Gasteiger partial charge in [-0.3, -0.25) is 9.10 Å². The summed E-state index contributed by atoms with van der Waals surface area (Å²) in [4.78, 5) is 12.6. The number of hydrogen-bond acceptors (Lipinski definition) is 3. The van der Waals surface area contributed by atoms with Crippen LogP contribution in [0.3, 0.4) is 0 Å². The van der Waals surface area contributed by atoms with Gasteiger partial charge in [-0.2, -0.15) is 0 Å². The predicted molar refractivity (Wildman–Crippen MR) is 112 cm³/mol. The molecule has 0 aliphatic carbocycles. The van der Waals surface area contributed by atoms with Gasteiger partial charge in [0.25, 0.3) is 15.9 Å². The van der Waals surface area contributed by atoms with Crippen LogP contribution in [0.5, 0.6) is 0 Å². The number of benzene rings is 3. The number of anilines is 2. The van der Waals surface area contributed by atoms with Crippen LogP contribution < -0.4 is 9.62 Å². The Labute approximate surface area is 165 Å². The van der Waals surface area contributed by atoms with Crippen molar-refractivity contribution < 1.29 is 13.2 Å². The summed E-state index contributed by atoms with van der Waals surface area (Å²) in [5, 5.41) is 2.79. The van der Waals surface area contributed by atoms with E-state index in [2.05, 4.69) is 5.32 Å². The van der Waals surface area contributed by atoms with Gasteiger partial charge >= 0.3 is 0 Å². The smallest absolute Gasteiger partial charge is 0.264 e. The fourth-order valence-electron chi connectivity index (χ4n) is 2.76. The Morgan fingerprint density at radius 2 is 1.54 bits per heavy atom. The summed E-state index contributed by atoms with van der Waals surface area (Å²) < 4.78 is 27.2. The first-order valence-corrected chi connectivity index (χ1v) is 10.2. The lowest BCUT2D eigenvalue weighted by molar-refractivity contribution is 0.102. The van der Waals surface area contributed by atoms with Crippen molar-refractivity contribution in [3.8, 4) is 0 Å². The van der Waals surface area contributed by atoms with Crippen LogP contribution in [-0.2, 0) is 10.0 Å². The van der Waals surface area contributed by atoms with Crippen LogP contribution in [0, 0.1) is 13.8 Å². The maximum atomic E-state index is 13.0. The number of nitrogens with one attached hydrogen (secondary N) is 1. The van der Waals surface area contributed by atoms with Gasteiger partial charge in [0.05, 0.1) is 10.6 Å². The number of nitrogens with zero attached hydrogens (tertiary/aromatic N) is 1. The van der Waals surface area contributed by atoms with Crippen molar-refractivity contribution in [2.75, 3.05) is 16.7 Å². The van der Waals surface area contributed by atoms with Gasteiger partial charge in [0.15, 0.2) is 0 Å². The molecule has 5 nitrogen and oxygen atoms in total. The molecule has 0 saturated heterocycles. The van der Waals surface area contributed by atoms with Gasteiger partial charge in [0, 0.05) is 18.3 Å². The number of sulfonamides is 1. The molecule has 0 radical (unpaired) electrons. The molecule has 0 aromatic heterocycles. The van der Waals surface area contributed by atoms with Crippen molar-refractivity contribution in [1.82, 2.24) is 0 Å². The van der Waals surface area contributed by atoms with E-state index in [1.807, 2.05) is 38.1 Å². The molecule has 3 aromatic carbocycles. The number of rotatable bonds is 5. The predicted octanol–water partition coefficient (Wildman–Crippen LogP) is 4.38. The quantitative estimate of drug-likeness (QED) is 0.698. The zero-order valence-corrected chi connectivity index (χ0v) is 16.8. The minimum Gasteiger partial charge on any atom is -0.322 e. The molecule has 0 bridgehead atoms. The number of carbonyl (C=O) groups excluding carboxylic acids is 1.